The van der Waals surface area contributed by atoms with Crippen molar-refractivity contribution in [1.82, 2.24) is 49.0 Å². The molecule has 6 aromatic rings. The van der Waals surface area contributed by atoms with E-state index in [-0.39, 0.29) is 32.6 Å². The van der Waals surface area contributed by atoms with Gasteiger partial charge in [-0.25, -0.2) is 4.98 Å². The zero-order chi connectivity index (χ0) is 28.7. The predicted molar refractivity (Wildman–Crippen MR) is 143 cm³/mol. The summed E-state index contributed by atoms with van der Waals surface area (Å²) in [4.78, 5) is 38.2. The summed E-state index contributed by atoms with van der Waals surface area (Å²) in [5, 5.41) is 9.41. The number of nitriles is 1. The number of hydrogen-bond acceptors (Lipinski definition) is 11. The van der Waals surface area contributed by atoms with Crippen molar-refractivity contribution in [3.63, 3.8) is 0 Å². The maximum Gasteiger partial charge on any atom is 2.00 e. The fourth-order valence-corrected chi connectivity index (χ4v) is 4.26. The van der Waals surface area contributed by atoms with Crippen LogP contribution in [0.15, 0.2) is 36.9 Å². The number of hydrogen-bond donors (Lipinski definition) is 0. The summed E-state index contributed by atoms with van der Waals surface area (Å²) in [6.07, 6.45) is 8.32. The van der Waals surface area contributed by atoms with E-state index in [2.05, 4.69) is 47.4 Å². The normalized spacial score (nSPS) is 11.1. The molecule has 0 atom stereocenters. The Balaban J connectivity index is 0.00000353. The minimum atomic E-state index is -0.789. The van der Waals surface area contributed by atoms with E-state index in [4.69, 9.17) is 26.0 Å². The summed E-state index contributed by atoms with van der Waals surface area (Å²) in [7, 11) is 3.12. The number of fused-ring (bicyclic) bond motifs is 2. The standard InChI is InChI=1S/C27H18N12O2.Pt/c1-27(2,18-6-15(40-4)8-20(36-18)38-13-34-22-17(10-28)30-11-32-25(22)38)19-7-16(41-5)9-21(37-19)39-14-35-23-24(29-3)31-12-33-26(23)39;/h6-9,11-12H,1-2,4-5H3;/q-2;+2. The number of imidazole rings is 2. The molecule has 0 bridgehead atoms. The molecule has 0 saturated carbocycles. The van der Waals surface area contributed by atoms with Crippen LogP contribution in [0.25, 0.3) is 38.8 Å². The van der Waals surface area contributed by atoms with E-state index >= 15 is 0 Å². The van der Waals surface area contributed by atoms with Crippen LogP contribution in [-0.2, 0) is 26.5 Å². The Kier molecular flexibility index (Phi) is 7.33. The molecule has 6 rings (SSSR count). The monoisotopic (exact) mass is 737 g/mol. The molecule has 6 aromatic heterocycles. The summed E-state index contributed by atoms with van der Waals surface area (Å²) in [5.74, 6) is 2.05. The van der Waals surface area contributed by atoms with Crippen molar-refractivity contribution in [2.75, 3.05) is 14.2 Å². The van der Waals surface area contributed by atoms with Crippen molar-refractivity contribution in [3.8, 4) is 29.2 Å². The van der Waals surface area contributed by atoms with E-state index in [1.807, 2.05) is 32.0 Å². The Bertz CT molecular complexity index is 1910. The maximum atomic E-state index is 9.41. The largest absolute Gasteiger partial charge is 2.00 e. The topological polar surface area (TPSA) is 160 Å². The predicted octanol–water partition coefficient (Wildman–Crippen LogP) is 3.10. The summed E-state index contributed by atoms with van der Waals surface area (Å²) in [6, 6.07) is 9.08. The summed E-state index contributed by atoms with van der Waals surface area (Å²) in [5.41, 5.74) is 1.97. The fourth-order valence-electron chi connectivity index (χ4n) is 4.26. The van der Waals surface area contributed by atoms with Gasteiger partial charge in [0.25, 0.3) is 0 Å². The number of pyridine rings is 2. The van der Waals surface area contributed by atoms with Crippen LogP contribution < -0.4 is 9.47 Å². The zero-order valence-electron chi connectivity index (χ0n) is 22.5. The van der Waals surface area contributed by atoms with E-state index in [9.17, 15) is 5.26 Å². The first-order valence-corrected chi connectivity index (χ1v) is 12.0. The van der Waals surface area contributed by atoms with Crippen LogP contribution in [0.4, 0.5) is 5.82 Å². The van der Waals surface area contributed by atoms with E-state index in [0.717, 1.165) is 0 Å². The molecule has 0 saturated heterocycles. The van der Waals surface area contributed by atoms with Crippen molar-refractivity contribution >= 4 is 28.1 Å². The average Bonchev–Trinajstić information content (AvgIpc) is 3.65. The van der Waals surface area contributed by atoms with Crippen molar-refractivity contribution in [2.45, 2.75) is 19.3 Å². The third-order valence-corrected chi connectivity index (χ3v) is 6.53. The number of ether oxygens (including phenoxy) is 2. The summed E-state index contributed by atoms with van der Waals surface area (Å²) in [6.45, 7) is 11.3. The van der Waals surface area contributed by atoms with Crippen LogP contribution in [-0.4, -0.2) is 63.2 Å². The molecule has 0 amide bonds. The molecule has 0 aliphatic rings. The molecule has 0 radical (unpaired) electrons. The first-order chi connectivity index (χ1) is 19.9. The van der Waals surface area contributed by atoms with Gasteiger partial charge in [-0.05, 0) is 26.0 Å². The zero-order valence-corrected chi connectivity index (χ0v) is 24.7. The minimum absolute atomic E-state index is 0. The van der Waals surface area contributed by atoms with Crippen LogP contribution >= 0.6 is 0 Å². The van der Waals surface area contributed by atoms with Gasteiger partial charge in [0, 0.05) is 63.9 Å². The number of aromatic nitrogens is 10. The number of rotatable bonds is 6. The molecular weight excluding hydrogens is 719 g/mol. The molecule has 42 heavy (non-hydrogen) atoms. The van der Waals surface area contributed by atoms with Crippen LogP contribution in [0, 0.1) is 30.6 Å². The second-order valence-electron chi connectivity index (χ2n) is 9.21. The molecule has 0 unspecified atom stereocenters. The van der Waals surface area contributed by atoms with Crippen LogP contribution in [0.1, 0.15) is 30.9 Å². The van der Waals surface area contributed by atoms with Crippen LogP contribution in [0.5, 0.6) is 11.5 Å². The van der Waals surface area contributed by atoms with Gasteiger partial charge in [-0.15, -0.1) is 4.98 Å². The van der Waals surface area contributed by atoms with Gasteiger partial charge >= 0.3 is 21.1 Å². The third-order valence-electron chi connectivity index (χ3n) is 6.53. The van der Waals surface area contributed by atoms with Gasteiger partial charge in [0.1, 0.15) is 29.6 Å². The fraction of sp³-hybridized carbons (Fsp3) is 0.185. The number of nitrogens with zero attached hydrogens (tertiary/aromatic N) is 12. The molecule has 0 spiro atoms. The second kappa shape index (κ2) is 10.9. The molecule has 0 aromatic carbocycles. The minimum Gasteiger partial charge on any atom is -0.497 e. The molecule has 0 N–H and O–H groups in total. The van der Waals surface area contributed by atoms with Gasteiger partial charge in [0.15, 0.2) is 6.33 Å². The van der Waals surface area contributed by atoms with E-state index < -0.39 is 5.41 Å². The smallest absolute Gasteiger partial charge is 0.497 e. The summed E-state index contributed by atoms with van der Waals surface area (Å²) < 4.78 is 14.3. The first kappa shape index (κ1) is 28.2. The van der Waals surface area contributed by atoms with Crippen LogP contribution in [0.3, 0.4) is 0 Å². The van der Waals surface area contributed by atoms with E-state index in [1.54, 1.807) is 35.5 Å². The van der Waals surface area contributed by atoms with Crippen LogP contribution in [0.2, 0.25) is 0 Å². The van der Waals surface area contributed by atoms with Gasteiger partial charge in [-0.1, -0.05) is 6.57 Å². The van der Waals surface area contributed by atoms with Crippen molar-refractivity contribution in [2.24, 2.45) is 0 Å². The molecule has 0 fully saturated rings. The average molecular weight is 738 g/mol. The summed E-state index contributed by atoms with van der Waals surface area (Å²) >= 11 is 0. The van der Waals surface area contributed by atoms with Crippen molar-refractivity contribution in [1.29, 1.82) is 5.26 Å². The molecule has 208 valence electrons. The third kappa shape index (κ3) is 4.58. The molecule has 15 heteroatoms. The Morgan fingerprint density at radius 3 is 1.88 bits per heavy atom. The van der Waals surface area contributed by atoms with Gasteiger partial charge < -0.3 is 33.4 Å². The Hall–Kier alpha value is -5.33. The van der Waals surface area contributed by atoms with E-state index in [0.29, 0.717) is 56.9 Å². The Morgan fingerprint density at radius 1 is 0.833 bits per heavy atom. The SMILES string of the molecule is [C-]#[N+]c1ncnc2c1n[c-]n2-c1cc(OC)cc(C(C)(C)c2cc(OC)cc(-n3[c-]nc4c(C#N)ncnc43)n2)n1.[Pt+2]. The Morgan fingerprint density at radius 2 is 1.36 bits per heavy atom. The maximum absolute atomic E-state index is 9.41. The van der Waals surface area contributed by atoms with E-state index in [1.165, 1.54) is 12.7 Å². The van der Waals surface area contributed by atoms with Crippen molar-refractivity contribution in [3.05, 3.63) is 78.1 Å². The van der Waals surface area contributed by atoms with Gasteiger partial charge in [-0.3, -0.25) is 19.9 Å². The molecule has 14 nitrogen and oxygen atoms in total. The molecular formula is C27H18N12O2Pt. The molecule has 6 heterocycles. The molecule has 0 aliphatic heterocycles. The van der Waals surface area contributed by atoms with Gasteiger partial charge in [0.2, 0.25) is 5.82 Å². The second-order valence-corrected chi connectivity index (χ2v) is 9.21. The van der Waals surface area contributed by atoms with Gasteiger partial charge in [0.05, 0.1) is 25.9 Å². The number of methoxy groups -OCH3 is 2. The Labute approximate surface area is 253 Å². The molecule has 0 aliphatic carbocycles. The first-order valence-electron chi connectivity index (χ1n) is 12.0. The quantitative estimate of drug-likeness (QED) is 0.231. The van der Waals surface area contributed by atoms with Crippen molar-refractivity contribution < 1.29 is 30.5 Å². The van der Waals surface area contributed by atoms with Gasteiger partial charge in [-0.2, -0.15) is 5.26 Å².